The molecule has 0 bridgehead atoms. The van der Waals surface area contributed by atoms with Crippen LogP contribution in [-0.4, -0.2) is 98.4 Å². The Labute approximate surface area is 235 Å². The molecule has 6 rings (SSSR count). The van der Waals surface area contributed by atoms with Crippen LogP contribution in [0.25, 0.3) is 0 Å². The summed E-state index contributed by atoms with van der Waals surface area (Å²) in [4.78, 5) is 13.4. The number of hydrogen-bond donors (Lipinski definition) is 4. The summed E-state index contributed by atoms with van der Waals surface area (Å²) in [5.74, 6) is -0.112. The monoisotopic (exact) mass is 576 g/mol. The molecule has 41 heavy (non-hydrogen) atoms. The summed E-state index contributed by atoms with van der Waals surface area (Å²) in [7, 11) is 4.51. The number of ether oxygens (including phenoxy) is 8. The highest BCUT2D eigenvalue weighted by atomic mass is 16.7. The van der Waals surface area contributed by atoms with Gasteiger partial charge >= 0.3 is 5.97 Å². The summed E-state index contributed by atoms with van der Waals surface area (Å²) in [5, 5.41) is 41.0. The summed E-state index contributed by atoms with van der Waals surface area (Å²) in [6.45, 7) is -0.581. The molecular weight excluding hydrogens is 544 g/mol. The number of cyclic esters (lactones) is 1. The fourth-order valence-corrected chi connectivity index (χ4v) is 6.29. The highest BCUT2D eigenvalue weighted by molar-refractivity contribution is 5.79. The zero-order valence-corrected chi connectivity index (χ0v) is 22.6. The van der Waals surface area contributed by atoms with E-state index in [1.54, 1.807) is 24.3 Å². The van der Waals surface area contributed by atoms with Crippen molar-refractivity contribution < 1.29 is 63.1 Å². The number of aliphatic hydroxyl groups is 4. The van der Waals surface area contributed by atoms with Gasteiger partial charge in [-0.1, -0.05) is 0 Å². The largest absolute Gasteiger partial charge is 0.493 e. The third-order valence-corrected chi connectivity index (χ3v) is 8.29. The first-order valence-corrected chi connectivity index (χ1v) is 13.2. The topological polar surface area (TPSA) is 172 Å². The molecule has 2 fully saturated rings. The molecule has 13 nitrogen and oxygen atoms in total. The third-order valence-electron chi connectivity index (χ3n) is 8.29. The van der Waals surface area contributed by atoms with Crippen LogP contribution < -0.4 is 23.7 Å². The van der Waals surface area contributed by atoms with Crippen molar-refractivity contribution in [2.24, 2.45) is 11.8 Å². The standard InChI is InChI=1S/C28H32O13/c1-34-17-4-11(5-18(35-2)26(17)36-3)20-12-6-15-16(39-10-38-15)7-13(12)25(14-9-37-27(33)21(14)20)41-28-24(32)23(31)22(30)19(8-29)40-28/h4-7,14,19-25,28-32H,8-10H2,1-3H3. The molecule has 3 aliphatic heterocycles. The van der Waals surface area contributed by atoms with Crippen molar-refractivity contribution in [2.45, 2.75) is 42.7 Å². The highest BCUT2D eigenvalue weighted by Gasteiger charge is 2.55. The molecule has 0 radical (unpaired) electrons. The van der Waals surface area contributed by atoms with Gasteiger partial charge in [0.1, 0.15) is 24.4 Å². The Balaban J connectivity index is 1.49. The molecule has 0 amide bonds. The Kier molecular flexibility index (Phi) is 7.34. The van der Waals surface area contributed by atoms with Crippen LogP contribution in [0.3, 0.4) is 0 Å². The molecule has 3 heterocycles. The average molecular weight is 577 g/mol. The molecule has 2 saturated heterocycles. The zero-order valence-electron chi connectivity index (χ0n) is 22.6. The number of benzene rings is 2. The van der Waals surface area contributed by atoms with Gasteiger partial charge in [-0.25, -0.2) is 0 Å². The van der Waals surface area contributed by atoms with E-state index in [-0.39, 0.29) is 13.4 Å². The van der Waals surface area contributed by atoms with Crippen LogP contribution in [0.15, 0.2) is 24.3 Å². The Morgan fingerprint density at radius 2 is 1.51 bits per heavy atom. The summed E-state index contributed by atoms with van der Waals surface area (Å²) < 4.78 is 45.5. The number of rotatable bonds is 7. The van der Waals surface area contributed by atoms with E-state index in [1.165, 1.54) is 21.3 Å². The van der Waals surface area contributed by atoms with Crippen molar-refractivity contribution >= 4 is 5.97 Å². The van der Waals surface area contributed by atoms with Crippen molar-refractivity contribution in [3.8, 4) is 28.7 Å². The summed E-state index contributed by atoms with van der Waals surface area (Å²) in [6.07, 6.45) is -8.26. The van der Waals surface area contributed by atoms with Crippen molar-refractivity contribution in [3.05, 3.63) is 41.0 Å². The van der Waals surface area contributed by atoms with Crippen LogP contribution in [-0.2, 0) is 19.0 Å². The van der Waals surface area contributed by atoms with Gasteiger partial charge in [0.15, 0.2) is 29.3 Å². The van der Waals surface area contributed by atoms with Gasteiger partial charge in [0.05, 0.1) is 46.6 Å². The predicted octanol–water partition coefficient (Wildman–Crippen LogP) is 0.233. The molecular formula is C28H32O13. The van der Waals surface area contributed by atoms with E-state index in [1.807, 2.05) is 0 Å². The molecule has 0 saturated carbocycles. The van der Waals surface area contributed by atoms with E-state index in [0.29, 0.717) is 45.4 Å². The Bertz CT molecular complexity index is 1290. The summed E-state index contributed by atoms with van der Waals surface area (Å²) in [5.41, 5.74) is 2.00. The Morgan fingerprint density at radius 3 is 2.12 bits per heavy atom. The van der Waals surface area contributed by atoms with Crippen LogP contribution in [0.4, 0.5) is 0 Å². The molecule has 2 aromatic rings. The maximum absolute atomic E-state index is 13.4. The zero-order chi connectivity index (χ0) is 29.0. The predicted molar refractivity (Wildman–Crippen MR) is 136 cm³/mol. The summed E-state index contributed by atoms with van der Waals surface area (Å²) >= 11 is 0. The van der Waals surface area contributed by atoms with Crippen molar-refractivity contribution in [1.29, 1.82) is 0 Å². The number of aliphatic hydroxyl groups excluding tert-OH is 4. The molecule has 0 spiro atoms. The minimum absolute atomic E-state index is 0.0141. The molecule has 4 aliphatic rings. The van der Waals surface area contributed by atoms with Gasteiger partial charge in [-0.15, -0.1) is 0 Å². The first-order chi connectivity index (χ1) is 19.8. The minimum Gasteiger partial charge on any atom is -0.493 e. The van der Waals surface area contributed by atoms with E-state index in [4.69, 9.17) is 37.9 Å². The lowest BCUT2D eigenvalue weighted by atomic mass is 9.66. The lowest BCUT2D eigenvalue weighted by Gasteiger charge is -2.44. The molecule has 2 aromatic carbocycles. The molecule has 9 unspecified atom stereocenters. The second-order valence-corrected chi connectivity index (χ2v) is 10.3. The van der Waals surface area contributed by atoms with Gasteiger partial charge in [-0.2, -0.15) is 0 Å². The van der Waals surface area contributed by atoms with Crippen LogP contribution in [0.2, 0.25) is 0 Å². The number of carbonyl (C=O) groups excluding carboxylic acids is 1. The fraction of sp³-hybridized carbons (Fsp3) is 0.536. The molecule has 13 heteroatoms. The number of fused-ring (bicyclic) bond motifs is 3. The van der Waals surface area contributed by atoms with E-state index >= 15 is 0 Å². The molecule has 222 valence electrons. The summed E-state index contributed by atoms with van der Waals surface area (Å²) in [6, 6.07) is 7.11. The first kappa shape index (κ1) is 27.8. The Morgan fingerprint density at radius 1 is 0.854 bits per heavy atom. The van der Waals surface area contributed by atoms with Crippen molar-refractivity contribution in [1.82, 2.24) is 0 Å². The minimum atomic E-state index is -1.63. The van der Waals surface area contributed by atoms with E-state index in [9.17, 15) is 25.2 Å². The smallest absolute Gasteiger partial charge is 0.310 e. The van der Waals surface area contributed by atoms with Crippen LogP contribution >= 0.6 is 0 Å². The van der Waals surface area contributed by atoms with Crippen molar-refractivity contribution in [3.63, 3.8) is 0 Å². The fourth-order valence-electron chi connectivity index (χ4n) is 6.29. The molecule has 4 N–H and O–H groups in total. The van der Waals surface area contributed by atoms with Gasteiger partial charge in [-0.05, 0) is 41.0 Å². The molecule has 0 aromatic heterocycles. The Hall–Kier alpha value is -3.33. The SMILES string of the molecule is COc1cc(C2c3cc4c(cc3C(OC3OC(CO)C(O)C(O)C3O)C3COC(=O)C23)OCO4)cc(OC)c1OC. The molecule has 1 aliphatic carbocycles. The van der Waals surface area contributed by atoms with Gasteiger partial charge in [0.25, 0.3) is 0 Å². The molecule has 9 atom stereocenters. The van der Waals surface area contributed by atoms with E-state index in [2.05, 4.69) is 0 Å². The lowest BCUT2D eigenvalue weighted by molar-refractivity contribution is -0.317. The number of carbonyl (C=O) groups is 1. The van der Waals surface area contributed by atoms with Gasteiger partial charge < -0.3 is 58.3 Å². The van der Waals surface area contributed by atoms with Crippen molar-refractivity contribution in [2.75, 3.05) is 41.3 Å². The number of esters is 1. The average Bonchev–Trinajstić information content (AvgIpc) is 3.61. The van der Waals surface area contributed by atoms with E-state index < -0.39 is 67.1 Å². The number of hydrogen-bond acceptors (Lipinski definition) is 13. The third kappa shape index (κ3) is 4.44. The van der Waals surface area contributed by atoms with Gasteiger partial charge in [0, 0.05) is 11.8 Å². The van der Waals surface area contributed by atoms with Gasteiger partial charge in [0.2, 0.25) is 12.5 Å². The maximum atomic E-state index is 13.4. The van der Waals surface area contributed by atoms with E-state index in [0.717, 1.165) is 0 Å². The van der Waals surface area contributed by atoms with Crippen LogP contribution in [0.1, 0.15) is 28.7 Å². The van der Waals surface area contributed by atoms with Crippen LogP contribution in [0.5, 0.6) is 28.7 Å². The maximum Gasteiger partial charge on any atom is 0.310 e. The quantitative estimate of drug-likeness (QED) is 0.331. The normalized spacial score (nSPS) is 33.5. The first-order valence-electron chi connectivity index (χ1n) is 13.2. The lowest BCUT2D eigenvalue weighted by Crippen LogP contribution is -2.59. The van der Waals surface area contributed by atoms with Gasteiger partial charge in [-0.3, -0.25) is 4.79 Å². The second kappa shape index (κ2) is 10.8. The van der Waals surface area contributed by atoms with Crippen LogP contribution in [0, 0.1) is 11.8 Å². The highest BCUT2D eigenvalue weighted by Crippen LogP contribution is 2.57. The second-order valence-electron chi connectivity index (χ2n) is 10.3. The number of methoxy groups -OCH3 is 3.